The lowest BCUT2D eigenvalue weighted by molar-refractivity contribution is -0.116. The minimum atomic E-state index is -0.442. The van der Waals surface area contributed by atoms with Crippen LogP contribution in [-0.4, -0.2) is 12.5 Å². The molecule has 0 saturated heterocycles. The first-order valence-electron chi connectivity index (χ1n) is 6.71. The SMILES string of the molecule is O=C(CC1CNc2ccccc21)Nc1ccc(Br)cc1F. The molecule has 0 saturated carbocycles. The molecule has 3 nitrogen and oxygen atoms in total. The highest BCUT2D eigenvalue weighted by atomic mass is 79.9. The Balaban J connectivity index is 1.68. The Bertz CT molecular complexity index is 690. The molecule has 2 aromatic rings. The second-order valence-electron chi connectivity index (χ2n) is 5.04. The summed E-state index contributed by atoms with van der Waals surface area (Å²) in [5, 5.41) is 5.91. The topological polar surface area (TPSA) is 41.1 Å². The van der Waals surface area contributed by atoms with E-state index in [9.17, 15) is 9.18 Å². The molecule has 3 rings (SSSR count). The van der Waals surface area contributed by atoms with Gasteiger partial charge in [0.1, 0.15) is 5.82 Å². The van der Waals surface area contributed by atoms with Gasteiger partial charge in [-0.15, -0.1) is 0 Å². The van der Waals surface area contributed by atoms with Gasteiger partial charge < -0.3 is 10.6 Å². The summed E-state index contributed by atoms with van der Waals surface area (Å²) in [4.78, 5) is 12.1. The number of fused-ring (bicyclic) bond motifs is 1. The van der Waals surface area contributed by atoms with E-state index in [-0.39, 0.29) is 17.5 Å². The van der Waals surface area contributed by atoms with Crippen molar-refractivity contribution < 1.29 is 9.18 Å². The van der Waals surface area contributed by atoms with Crippen molar-refractivity contribution in [2.75, 3.05) is 17.2 Å². The van der Waals surface area contributed by atoms with Gasteiger partial charge in [-0.25, -0.2) is 4.39 Å². The average molecular weight is 349 g/mol. The maximum absolute atomic E-state index is 13.7. The summed E-state index contributed by atoms with van der Waals surface area (Å²) in [5.74, 6) is -0.498. The third-order valence-electron chi connectivity index (χ3n) is 3.58. The molecule has 0 aliphatic carbocycles. The number of rotatable bonds is 3. The largest absolute Gasteiger partial charge is 0.384 e. The molecule has 0 bridgehead atoms. The van der Waals surface area contributed by atoms with Gasteiger partial charge in [0.2, 0.25) is 5.91 Å². The number of nitrogens with one attached hydrogen (secondary N) is 2. The Morgan fingerprint density at radius 3 is 2.95 bits per heavy atom. The Kier molecular flexibility index (Phi) is 3.92. The van der Waals surface area contributed by atoms with Crippen LogP contribution < -0.4 is 10.6 Å². The molecular weight excluding hydrogens is 335 g/mol. The molecule has 1 heterocycles. The molecule has 108 valence electrons. The van der Waals surface area contributed by atoms with E-state index in [2.05, 4.69) is 26.6 Å². The molecule has 5 heteroatoms. The van der Waals surface area contributed by atoms with E-state index < -0.39 is 5.82 Å². The molecule has 0 radical (unpaired) electrons. The quantitative estimate of drug-likeness (QED) is 0.875. The highest BCUT2D eigenvalue weighted by molar-refractivity contribution is 9.10. The van der Waals surface area contributed by atoms with Gasteiger partial charge in [-0.3, -0.25) is 4.79 Å². The number of anilines is 2. The maximum Gasteiger partial charge on any atom is 0.225 e. The normalized spacial score (nSPS) is 16.2. The zero-order chi connectivity index (χ0) is 14.8. The molecule has 1 amide bonds. The van der Waals surface area contributed by atoms with Crippen molar-refractivity contribution in [1.29, 1.82) is 0 Å². The lowest BCUT2D eigenvalue weighted by Crippen LogP contribution is -2.17. The Morgan fingerprint density at radius 2 is 2.14 bits per heavy atom. The van der Waals surface area contributed by atoms with Crippen molar-refractivity contribution >= 4 is 33.2 Å². The Hall–Kier alpha value is -1.88. The summed E-state index contributed by atoms with van der Waals surface area (Å²) in [5.41, 5.74) is 2.43. The van der Waals surface area contributed by atoms with Gasteiger partial charge in [0, 0.05) is 29.0 Å². The molecule has 1 atom stereocenters. The lowest BCUT2D eigenvalue weighted by Gasteiger charge is -2.11. The summed E-state index contributed by atoms with van der Waals surface area (Å²) in [7, 11) is 0. The van der Waals surface area contributed by atoms with E-state index >= 15 is 0 Å². The maximum atomic E-state index is 13.7. The predicted molar refractivity (Wildman–Crippen MR) is 85.0 cm³/mol. The van der Waals surface area contributed by atoms with Gasteiger partial charge in [0.05, 0.1) is 5.69 Å². The third-order valence-corrected chi connectivity index (χ3v) is 4.07. The molecule has 1 aliphatic rings. The standard InChI is InChI=1S/C16H14BrFN2O/c17-11-5-6-15(13(18)8-11)20-16(21)7-10-9-19-14-4-2-1-3-12(10)14/h1-6,8,10,19H,7,9H2,(H,20,21). The van der Waals surface area contributed by atoms with Crippen molar-refractivity contribution in [1.82, 2.24) is 0 Å². The number of para-hydroxylation sites is 1. The zero-order valence-corrected chi connectivity index (χ0v) is 12.8. The fraction of sp³-hybridized carbons (Fsp3) is 0.188. The molecule has 0 fully saturated rings. The van der Waals surface area contributed by atoms with Crippen molar-refractivity contribution in [3.8, 4) is 0 Å². The van der Waals surface area contributed by atoms with Crippen LogP contribution in [0.25, 0.3) is 0 Å². The summed E-state index contributed by atoms with van der Waals surface area (Å²) >= 11 is 3.19. The van der Waals surface area contributed by atoms with E-state index in [4.69, 9.17) is 0 Å². The average Bonchev–Trinajstić information content (AvgIpc) is 2.85. The van der Waals surface area contributed by atoms with E-state index in [1.807, 2.05) is 24.3 Å². The van der Waals surface area contributed by atoms with Crippen molar-refractivity contribution in [2.24, 2.45) is 0 Å². The third kappa shape index (κ3) is 3.08. The Labute approximate surface area is 130 Å². The molecule has 1 aliphatic heterocycles. The molecule has 2 aromatic carbocycles. The van der Waals surface area contributed by atoms with Gasteiger partial charge >= 0.3 is 0 Å². The minimum Gasteiger partial charge on any atom is -0.384 e. The predicted octanol–water partition coefficient (Wildman–Crippen LogP) is 4.13. The fourth-order valence-corrected chi connectivity index (χ4v) is 2.89. The highest BCUT2D eigenvalue weighted by Crippen LogP contribution is 2.33. The summed E-state index contributed by atoms with van der Waals surface area (Å²) in [6.45, 7) is 0.732. The first-order valence-corrected chi connectivity index (χ1v) is 7.50. The van der Waals surface area contributed by atoms with Crippen LogP contribution in [0, 0.1) is 5.82 Å². The van der Waals surface area contributed by atoms with Crippen molar-refractivity contribution in [3.05, 3.63) is 58.3 Å². The van der Waals surface area contributed by atoms with Crippen LogP contribution in [0.4, 0.5) is 15.8 Å². The van der Waals surface area contributed by atoms with Gasteiger partial charge in [0.15, 0.2) is 0 Å². The molecule has 0 aromatic heterocycles. The number of hydrogen-bond donors (Lipinski definition) is 2. The second-order valence-corrected chi connectivity index (χ2v) is 5.96. The van der Waals surface area contributed by atoms with Crippen LogP contribution in [0.5, 0.6) is 0 Å². The second kappa shape index (κ2) is 5.85. The number of carbonyl (C=O) groups is 1. The molecule has 2 N–H and O–H groups in total. The highest BCUT2D eigenvalue weighted by Gasteiger charge is 2.24. The minimum absolute atomic E-state index is 0.125. The van der Waals surface area contributed by atoms with Crippen molar-refractivity contribution in [2.45, 2.75) is 12.3 Å². The molecule has 1 unspecified atom stereocenters. The van der Waals surface area contributed by atoms with Gasteiger partial charge in [-0.05, 0) is 29.8 Å². The van der Waals surface area contributed by atoms with Crippen LogP contribution in [0.3, 0.4) is 0 Å². The summed E-state index contributed by atoms with van der Waals surface area (Å²) < 4.78 is 14.4. The van der Waals surface area contributed by atoms with Gasteiger partial charge in [0.25, 0.3) is 0 Å². The van der Waals surface area contributed by atoms with E-state index in [0.29, 0.717) is 10.9 Å². The smallest absolute Gasteiger partial charge is 0.225 e. The monoisotopic (exact) mass is 348 g/mol. The number of benzene rings is 2. The van der Waals surface area contributed by atoms with Crippen molar-refractivity contribution in [3.63, 3.8) is 0 Å². The molecule has 0 spiro atoms. The number of hydrogen-bond acceptors (Lipinski definition) is 2. The van der Waals surface area contributed by atoms with Crippen LogP contribution in [0.15, 0.2) is 46.9 Å². The van der Waals surface area contributed by atoms with E-state index in [1.54, 1.807) is 12.1 Å². The fourth-order valence-electron chi connectivity index (χ4n) is 2.56. The van der Waals surface area contributed by atoms with Crippen LogP contribution in [0.1, 0.15) is 17.9 Å². The first kappa shape index (κ1) is 14.1. The number of halogens is 2. The Morgan fingerprint density at radius 1 is 1.33 bits per heavy atom. The van der Waals surface area contributed by atoms with Gasteiger partial charge in [-0.2, -0.15) is 0 Å². The first-order chi connectivity index (χ1) is 10.1. The van der Waals surface area contributed by atoms with E-state index in [1.165, 1.54) is 6.07 Å². The summed E-state index contributed by atoms with van der Waals surface area (Å²) in [6, 6.07) is 12.5. The van der Waals surface area contributed by atoms with Gasteiger partial charge in [-0.1, -0.05) is 34.1 Å². The summed E-state index contributed by atoms with van der Waals surface area (Å²) in [6.07, 6.45) is 0.333. The molecule has 21 heavy (non-hydrogen) atoms. The number of amides is 1. The van der Waals surface area contributed by atoms with Crippen LogP contribution in [0.2, 0.25) is 0 Å². The molecular formula is C16H14BrFN2O. The van der Waals surface area contributed by atoms with E-state index in [0.717, 1.165) is 17.8 Å². The van der Waals surface area contributed by atoms with Crippen LogP contribution in [-0.2, 0) is 4.79 Å². The lowest BCUT2D eigenvalue weighted by atomic mass is 9.97. The van der Waals surface area contributed by atoms with Crippen LogP contribution >= 0.6 is 15.9 Å². The number of carbonyl (C=O) groups excluding carboxylic acids is 1. The zero-order valence-electron chi connectivity index (χ0n) is 11.2.